The summed E-state index contributed by atoms with van der Waals surface area (Å²) < 4.78 is 0. The summed E-state index contributed by atoms with van der Waals surface area (Å²) in [6.45, 7) is 4.80. The molecular formula is C22H30N4O. The molecule has 2 aromatic carbocycles. The highest BCUT2D eigenvalue weighted by Crippen LogP contribution is 2.26. The number of carbonyl (C=O) groups excluding carboxylic acids is 1. The van der Waals surface area contributed by atoms with Crippen molar-refractivity contribution in [3.05, 3.63) is 59.7 Å². The van der Waals surface area contributed by atoms with E-state index in [9.17, 15) is 4.79 Å². The average molecular weight is 367 g/mol. The van der Waals surface area contributed by atoms with Crippen LogP contribution in [0.3, 0.4) is 0 Å². The number of hydrogen-bond acceptors (Lipinski definition) is 3. The lowest BCUT2D eigenvalue weighted by Crippen LogP contribution is -2.38. The van der Waals surface area contributed by atoms with Gasteiger partial charge in [-0.25, -0.2) is 4.79 Å². The molecule has 0 radical (unpaired) electrons. The van der Waals surface area contributed by atoms with Crippen LogP contribution in [0.4, 0.5) is 16.2 Å². The molecule has 1 saturated heterocycles. The Morgan fingerprint density at radius 3 is 2.26 bits per heavy atom. The lowest BCUT2D eigenvalue weighted by atomic mass is 10.0. The summed E-state index contributed by atoms with van der Waals surface area (Å²) in [5.41, 5.74) is 4.42. The normalized spacial score (nSPS) is 15.4. The molecule has 1 unspecified atom stereocenters. The first kappa shape index (κ1) is 19.2. The van der Waals surface area contributed by atoms with E-state index >= 15 is 0 Å². The maximum Gasteiger partial charge on any atom is 0.319 e. The minimum absolute atomic E-state index is 0.159. The van der Waals surface area contributed by atoms with Crippen LogP contribution >= 0.6 is 0 Å². The Morgan fingerprint density at radius 2 is 1.67 bits per heavy atom. The van der Waals surface area contributed by atoms with E-state index in [1.54, 1.807) is 0 Å². The number of anilines is 2. The van der Waals surface area contributed by atoms with Crippen LogP contribution in [0.15, 0.2) is 48.5 Å². The number of likely N-dealkylation sites (tertiary alicyclic amines) is 1. The van der Waals surface area contributed by atoms with Gasteiger partial charge in [0.1, 0.15) is 0 Å². The molecule has 0 aromatic heterocycles. The van der Waals surface area contributed by atoms with Gasteiger partial charge >= 0.3 is 6.03 Å². The van der Waals surface area contributed by atoms with Crippen LogP contribution in [0, 0.1) is 6.92 Å². The Bertz CT molecular complexity index is 734. The van der Waals surface area contributed by atoms with Crippen molar-refractivity contribution in [1.82, 2.24) is 10.2 Å². The van der Waals surface area contributed by atoms with Crippen molar-refractivity contribution in [2.75, 3.05) is 43.9 Å². The van der Waals surface area contributed by atoms with Crippen molar-refractivity contribution in [2.24, 2.45) is 0 Å². The number of benzene rings is 2. The highest BCUT2D eigenvalue weighted by molar-refractivity contribution is 5.89. The van der Waals surface area contributed by atoms with E-state index in [0.29, 0.717) is 6.54 Å². The molecule has 2 amide bonds. The van der Waals surface area contributed by atoms with E-state index in [4.69, 9.17) is 0 Å². The van der Waals surface area contributed by atoms with E-state index in [1.165, 1.54) is 29.7 Å². The van der Waals surface area contributed by atoms with Crippen LogP contribution in [0.2, 0.25) is 0 Å². The van der Waals surface area contributed by atoms with Gasteiger partial charge in [0.25, 0.3) is 0 Å². The third kappa shape index (κ3) is 5.23. The minimum Gasteiger partial charge on any atom is -0.378 e. The van der Waals surface area contributed by atoms with E-state index in [0.717, 1.165) is 18.8 Å². The van der Waals surface area contributed by atoms with Gasteiger partial charge in [0.15, 0.2) is 0 Å². The molecule has 3 rings (SSSR count). The van der Waals surface area contributed by atoms with Crippen molar-refractivity contribution in [3.8, 4) is 0 Å². The van der Waals surface area contributed by atoms with Crippen molar-refractivity contribution >= 4 is 17.4 Å². The molecule has 5 heteroatoms. The number of rotatable bonds is 6. The van der Waals surface area contributed by atoms with Crippen LogP contribution in [-0.4, -0.2) is 44.7 Å². The summed E-state index contributed by atoms with van der Waals surface area (Å²) in [6, 6.07) is 16.5. The lowest BCUT2D eigenvalue weighted by Gasteiger charge is -2.28. The molecule has 5 nitrogen and oxygen atoms in total. The van der Waals surface area contributed by atoms with Crippen molar-refractivity contribution in [3.63, 3.8) is 0 Å². The Hall–Kier alpha value is -2.53. The number of hydrogen-bond donors (Lipinski definition) is 2. The van der Waals surface area contributed by atoms with E-state index in [1.807, 2.05) is 45.3 Å². The third-order valence-electron chi connectivity index (χ3n) is 5.14. The smallest absolute Gasteiger partial charge is 0.319 e. The Kier molecular flexibility index (Phi) is 6.35. The first-order valence-corrected chi connectivity index (χ1v) is 9.66. The molecule has 0 aliphatic carbocycles. The molecule has 0 spiro atoms. The highest BCUT2D eigenvalue weighted by atomic mass is 16.2. The SMILES string of the molecule is Cc1ccc(NC(=O)NCC(c2ccc(N(C)C)cc2)N2CCCC2)cc1. The van der Waals surface area contributed by atoms with Crippen molar-refractivity contribution in [1.29, 1.82) is 0 Å². The molecular weight excluding hydrogens is 336 g/mol. The van der Waals surface area contributed by atoms with Gasteiger partial charge in [0.05, 0.1) is 6.04 Å². The van der Waals surface area contributed by atoms with Crippen molar-refractivity contribution < 1.29 is 4.79 Å². The predicted molar refractivity (Wildman–Crippen MR) is 113 cm³/mol. The zero-order chi connectivity index (χ0) is 19.2. The molecule has 2 N–H and O–H groups in total. The van der Waals surface area contributed by atoms with E-state index < -0.39 is 0 Å². The van der Waals surface area contributed by atoms with Crippen LogP contribution in [-0.2, 0) is 0 Å². The standard InChI is InChI=1S/C22H30N4O/c1-17-6-10-19(11-7-17)24-22(27)23-16-21(26-14-4-5-15-26)18-8-12-20(13-9-18)25(2)3/h6-13,21H,4-5,14-16H2,1-3H3,(H2,23,24,27). The summed E-state index contributed by atoms with van der Waals surface area (Å²) >= 11 is 0. The second kappa shape index (κ2) is 8.91. The molecule has 1 fully saturated rings. The number of carbonyl (C=O) groups is 1. The number of amides is 2. The van der Waals surface area contributed by atoms with Gasteiger partial charge in [-0.3, -0.25) is 4.90 Å². The number of aryl methyl sites for hydroxylation is 1. The monoisotopic (exact) mass is 366 g/mol. The minimum atomic E-state index is -0.159. The summed E-state index contributed by atoms with van der Waals surface area (Å²) in [5, 5.41) is 5.97. The molecule has 0 saturated carbocycles. The maximum absolute atomic E-state index is 12.3. The molecule has 1 aliphatic heterocycles. The molecule has 144 valence electrons. The predicted octanol–water partition coefficient (Wildman–Crippen LogP) is 4.02. The highest BCUT2D eigenvalue weighted by Gasteiger charge is 2.24. The summed E-state index contributed by atoms with van der Waals surface area (Å²) in [7, 11) is 4.09. The van der Waals surface area contributed by atoms with Crippen LogP contribution in [0.1, 0.15) is 30.0 Å². The molecule has 1 aliphatic rings. The average Bonchev–Trinajstić information content (AvgIpc) is 3.19. The summed E-state index contributed by atoms with van der Waals surface area (Å²) in [6.07, 6.45) is 2.45. The topological polar surface area (TPSA) is 47.6 Å². The van der Waals surface area contributed by atoms with E-state index in [2.05, 4.69) is 44.7 Å². The molecule has 1 heterocycles. The third-order valence-corrected chi connectivity index (χ3v) is 5.14. The van der Waals surface area contributed by atoms with Gasteiger partial charge in [-0.1, -0.05) is 29.8 Å². The number of urea groups is 1. The van der Waals surface area contributed by atoms with Gasteiger partial charge in [-0.2, -0.15) is 0 Å². The molecule has 2 aromatic rings. The second-order valence-electron chi connectivity index (χ2n) is 7.45. The Morgan fingerprint density at radius 1 is 1.04 bits per heavy atom. The fraction of sp³-hybridized carbons (Fsp3) is 0.409. The largest absolute Gasteiger partial charge is 0.378 e. The fourth-order valence-electron chi connectivity index (χ4n) is 3.51. The first-order valence-electron chi connectivity index (χ1n) is 9.66. The second-order valence-corrected chi connectivity index (χ2v) is 7.45. The van der Waals surface area contributed by atoms with Gasteiger partial charge in [-0.05, 0) is 62.7 Å². The van der Waals surface area contributed by atoms with Gasteiger partial charge in [0, 0.05) is 32.0 Å². The van der Waals surface area contributed by atoms with E-state index in [-0.39, 0.29) is 12.1 Å². The number of nitrogens with one attached hydrogen (secondary N) is 2. The van der Waals surface area contributed by atoms with Crippen LogP contribution in [0.5, 0.6) is 0 Å². The quantitative estimate of drug-likeness (QED) is 0.812. The Labute approximate surface area is 162 Å². The number of nitrogens with zero attached hydrogens (tertiary/aromatic N) is 2. The lowest BCUT2D eigenvalue weighted by molar-refractivity contribution is 0.227. The van der Waals surface area contributed by atoms with Crippen LogP contribution in [0.25, 0.3) is 0 Å². The van der Waals surface area contributed by atoms with Crippen LogP contribution < -0.4 is 15.5 Å². The van der Waals surface area contributed by atoms with Gasteiger partial charge < -0.3 is 15.5 Å². The van der Waals surface area contributed by atoms with Gasteiger partial charge in [-0.15, -0.1) is 0 Å². The fourth-order valence-corrected chi connectivity index (χ4v) is 3.51. The molecule has 1 atom stereocenters. The van der Waals surface area contributed by atoms with Gasteiger partial charge in [0.2, 0.25) is 0 Å². The van der Waals surface area contributed by atoms with Crippen molar-refractivity contribution in [2.45, 2.75) is 25.8 Å². The summed E-state index contributed by atoms with van der Waals surface area (Å²) in [4.78, 5) is 16.9. The zero-order valence-corrected chi connectivity index (χ0v) is 16.5. The first-order chi connectivity index (χ1) is 13.0. The molecule has 0 bridgehead atoms. The zero-order valence-electron chi connectivity index (χ0n) is 16.5. The Balaban J connectivity index is 1.64. The summed E-state index contributed by atoms with van der Waals surface area (Å²) in [5.74, 6) is 0. The molecule has 27 heavy (non-hydrogen) atoms. The maximum atomic E-state index is 12.3.